The summed E-state index contributed by atoms with van der Waals surface area (Å²) in [4.78, 5) is 11.9. The number of hydrogen-bond acceptors (Lipinski definition) is 3. The van der Waals surface area contributed by atoms with E-state index in [0.29, 0.717) is 24.8 Å². The van der Waals surface area contributed by atoms with Gasteiger partial charge in [-0.3, -0.25) is 4.55 Å². The summed E-state index contributed by atoms with van der Waals surface area (Å²) < 4.78 is 30.6. The average molecular weight is 398 g/mol. The van der Waals surface area contributed by atoms with Crippen molar-refractivity contribution < 1.29 is 47.3 Å². The molecule has 0 bridgehead atoms. The van der Waals surface area contributed by atoms with Gasteiger partial charge in [0.15, 0.2) is 0 Å². The zero-order valence-electron chi connectivity index (χ0n) is 17.0. The summed E-state index contributed by atoms with van der Waals surface area (Å²) >= 11 is 0. The van der Waals surface area contributed by atoms with E-state index in [1.165, 1.54) is 51.4 Å². The van der Waals surface area contributed by atoms with Crippen LogP contribution in [0.1, 0.15) is 97.3 Å². The van der Waals surface area contributed by atoms with Crippen molar-refractivity contribution in [3.05, 3.63) is 16.3 Å². The second-order valence-corrected chi connectivity index (χ2v) is 7.90. The third kappa shape index (κ3) is 18.9. The van der Waals surface area contributed by atoms with Gasteiger partial charge >= 0.3 is 29.6 Å². The van der Waals surface area contributed by atoms with Gasteiger partial charge in [-0.25, -0.2) is 0 Å². The summed E-state index contributed by atoms with van der Waals surface area (Å²) in [6.07, 6.45) is 14.5. The number of rotatable bonds is 16. The van der Waals surface area contributed by atoms with Crippen molar-refractivity contribution in [1.29, 1.82) is 0 Å². The van der Waals surface area contributed by atoms with Crippen LogP contribution >= 0.6 is 0 Å². The van der Waals surface area contributed by atoms with Crippen molar-refractivity contribution in [3.63, 3.8) is 0 Å². The van der Waals surface area contributed by atoms with Crippen LogP contribution in [0.2, 0.25) is 0 Å². The van der Waals surface area contributed by atoms with Gasteiger partial charge in [0.05, 0.1) is 11.3 Å². The Labute approximate surface area is 182 Å². The first kappa shape index (κ1) is 28.3. The summed E-state index contributed by atoms with van der Waals surface area (Å²) in [6.45, 7) is 4.49. The molecule has 0 aromatic heterocycles. The van der Waals surface area contributed by atoms with Gasteiger partial charge in [-0.05, 0) is 12.0 Å². The number of carbonyl (C=O) groups excluding carboxylic acids is 1. The van der Waals surface area contributed by atoms with Crippen LogP contribution in [-0.4, -0.2) is 25.4 Å². The standard InChI is InChI=1S/C19H37NO4S.Na/c1-3-5-6-7-8-9-10-11-12-13-14-16-20-19(21)18(15-4-2)17-25(22,23)24;/h17H,3-16H2,1-2H3,(H2,20,21,22,23,24);/q;+1/p-1. The Morgan fingerprint density at radius 2 is 1.31 bits per heavy atom. The largest absolute Gasteiger partial charge is 1.00 e. The normalized spacial score (nSPS) is 11.9. The van der Waals surface area contributed by atoms with Gasteiger partial charge in [-0.2, -0.15) is 8.42 Å². The number of unbranched alkanes of at least 4 members (excludes halogenated alkanes) is 10. The Kier molecular flexibility index (Phi) is 20.1. The van der Waals surface area contributed by atoms with Gasteiger partial charge in [-0.15, -0.1) is 6.54 Å². The Hall–Kier alpha value is 0.120. The van der Waals surface area contributed by atoms with Gasteiger partial charge < -0.3 is 10.1 Å². The molecule has 0 radical (unpaired) electrons. The van der Waals surface area contributed by atoms with Gasteiger partial charge in [0, 0.05) is 0 Å². The molecular weight excluding hydrogens is 361 g/mol. The van der Waals surface area contributed by atoms with Gasteiger partial charge in [0.25, 0.3) is 10.1 Å². The summed E-state index contributed by atoms with van der Waals surface area (Å²) in [5, 5.41) is 4.55. The Balaban J connectivity index is 0. The first-order valence-electron chi connectivity index (χ1n) is 9.80. The Morgan fingerprint density at radius 3 is 1.73 bits per heavy atom. The minimum atomic E-state index is -4.29. The first-order chi connectivity index (χ1) is 11.9. The van der Waals surface area contributed by atoms with Crippen LogP contribution in [0.4, 0.5) is 0 Å². The molecule has 0 atom stereocenters. The predicted molar refractivity (Wildman–Crippen MR) is 104 cm³/mol. The van der Waals surface area contributed by atoms with E-state index in [0.717, 1.165) is 19.3 Å². The average Bonchev–Trinajstić information content (AvgIpc) is 2.54. The first-order valence-corrected chi connectivity index (χ1v) is 11.3. The molecule has 7 heteroatoms. The van der Waals surface area contributed by atoms with E-state index in [4.69, 9.17) is 4.55 Å². The molecule has 0 aliphatic rings. The van der Waals surface area contributed by atoms with Gasteiger partial charge in [0.1, 0.15) is 0 Å². The molecule has 0 heterocycles. The fraction of sp³-hybridized carbons (Fsp3) is 0.842. The minimum absolute atomic E-state index is 0. The van der Waals surface area contributed by atoms with E-state index < -0.39 is 16.0 Å². The van der Waals surface area contributed by atoms with Crippen LogP contribution in [0, 0.1) is 0 Å². The SMILES string of the molecule is CCCCCCCCCCCCC[N-]C(=O)C(=CS(=O)(=O)O)CCC.[Na+]. The molecule has 0 fully saturated rings. The van der Waals surface area contributed by atoms with Crippen LogP contribution < -0.4 is 29.6 Å². The fourth-order valence-electron chi connectivity index (χ4n) is 2.72. The van der Waals surface area contributed by atoms with E-state index >= 15 is 0 Å². The van der Waals surface area contributed by atoms with Crippen LogP contribution in [0.5, 0.6) is 0 Å². The number of amides is 1. The molecule has 0 aromatic carbocycles. The summed E-state index contributed by atoms with van der Waals surface area (Å²) in [5.74, 6) is -0.522. The van der Waals surface area contributed by atoms with E-state index in [-0.39, 0.29) is 35.1 Å². The number of hydrogen-bond donors (Lipinski definition) is 1. The molecule has 1 N–H and O–H groups in total. The topological polar surface area (TPSA) is 85.5 Å². The zero-order chi connectivity index (χ0) is 19.0. The molecule has 148 valence electrons. The van der Waals surface area contributed by atoms with Crippen molar-refractivity contribution in [3.8, 4) is 0 Å². The zero-order valence-corrected chi connectivity index (χ0v) is 19.8. The molecule has 0 saturated carbocycles. The Bertz CT molecular complexity index is 478. The molecule has 0 aliphatic heterocycles. The maximum Gasteiger partial charge on any atom is 1.00 e. The van der Waals surface area contributed by atoms with E-state index in [2.05, 4.69) is 12.2 Å². The second kappa shape index (κ2) is 18.5. The Morgan fingerprint density at radius 1 is 0.846 bits per heavy atom. The molecule has 1 amide bonds. The van der Waals surface area contributed by atoms with Crippen molar-refractivity contribution in [2.24, 2.45) is 0 Å². The minimum Gasteiger partial charge on any atom is -0.649 e. The quantitative estimate of drug-likeness (QED) is 0.188. The second-order valence-electron chi connectivity index (χ2n) is 6.63. The van der Waals surface area contributed by atoms with Crippen molar-refractivity contribution >= 4 is 16.0 Å². The summed E-state index contributed by atoms with van der Waals surface area (Å²) in [6, 6.07) is 0. The van der Waals surface area contributed by atoms with Crippen molar-refractivity contribution in [1.82, 2.24) is 0 Å². The van der Waals surface area contributed by atoms with Crippen molar-refractivity contribution in [2.45, 2.75) is 97.3 Å². The number of carbonyl (C=O) groups is 1. The smallest absolute Gasteiger partial charge is 0.649 e. The summed E-state index contributed by atoms with van der Waals surface area (Å²) in [7, 11) is -4.29. The molecule has 0 rings (SSSR count). The van der Waals surface area contributed by atoms with Crippen LogP contribution in [0.25, 0.3) is 5.32 Å². The van der Waals surface area contributed by atoms with Gasteiger partial charge in [0.2, 0.25) is 0 Å². The fourth-order valence-corrected chi connectivity index (χ4v) is 3.30. The summed E-state index contributed by atoms with van der Waals surface area (Å²) in [5.41, 5.74) is 0.0630. The predicted octanol–water partition coefficient (Wildman–Crippen LogP) is 2.77. The molecule has 0 spiro atoms. The molecule has 0 saturated heterocycles. The van der Waals surface area contributed by atoms with E-state index in [9.17, 15) is 13.2 Å². The third-order valence-corrected chi connectivity index (χ3v) is 4.68. The number of nitrogens with zero attached hydrogens (tertiary/aromatic N) is 1. The van der Waals surface area contributed by atoms with Crippen LogP contribution in [0.3, 0.4) is 0 Å². The van der Waals surface area contributed by atoms with E-state index in [1.54, 1.807) is 0 Å². The molecule has 5 nitrogen and oxygen atoms in total. The maximum absolute atomic E-state index is 11.9. The molecular formula is C19H36NNaO4S. The van der Waals surface area contributed by atoms with Crippen LogP contribution in [-0.2, 0) is 14.9 Å². The van der Waals surface area contributed by atoms with E-state index in [1.807, 2.05) is 6.92 Å². The van der Waals surface area contributed by atoms with Crippen molar-refractivity contribution in [2.75, 3.05) is 6.54 Å². The molecule has 0 unspecified atom stereocenters. The van der Waals surface area contributed by atoms with Crippen LogP contribution in [0.15, 0.2) is 11.0 Å². The molecule has 26 heavy (non-hydrogen) atoms. The molecule has 0 aromatic rings. The maximum atomic E-state index is 11.9. The molecule has 0 aliphatic carbocycles. The monoisotopic (exact) mass is 397 g/mol. The third-order valence-electron chi connectivity index (χ3n) is 4.10. The van der Waals surface area contributed by atoms with Gasteiger partial charge in [-0.1, -0.05) is 90.9 Å².